The van der Waals surface area contributed by atoms with Gasteiger partial charge in [0.25, 0.3) is 0 Å². The number of carbonyl (C=O) groups is 2. The van der Waals surface area contributed by atoms with Gasteiger partial charge in [0.1, 0.15) is 18.0 Å². The molecule has 124 valence electrons. The molecule has 2 aromatic rings. The smallest absolute Gasteiger partial charge is 0.335 e. The van der Waals surface area contributed by atoms with E-state index < -0.39 is 5.97 Å². The van der Waals surface area contributed by atoms with E-state index in [4.69, 9.17) is 5.11 Å². The highest BCUT2D eigenvalue weighted by atomic mass is 16.4. The van der Waals surface area contributed by atoms with Gasteiger partial charge in [-0.2, -0.15) is 0 Å². The molecular weight excluding hydrogens is 310 g/mol. The Labute approximate surface area is 138 Å². The van der Waals surface area contributed by atoms with Crippen molar-refractivity contribution in [1.29, 1.82) is 0 Å². The topological polar surface area (TPSA) is 98.7 Å². The third-order valence-electron chi connectivity index (χ3n) is 3.82. The van der Waals surface area contributed by atoms with Crippen LogP contribution in [0.1, 0.15) is 10.4 Å². The number of piperazine rings is 1. The molecule has 0 unspecified atom stereocenters. The Balaban J connectivity index is 1.73. The molecule has 8 nitrogen and oxygen atoms in total. The lowest BCUT2D eigenvalue weighted by Crippen LogP contribution is -2.46. The van der Waals surface area contributed by atoms with Crippen LogP contribution in [-0.2, 0) is 4.79 Å². The number of anilines is 3. The van der Waals surface area contributed by atoms with Crippen LogP contribution in [0.4, 0.5) is 17.3 Å². The number of aromatic carboxylic acids is 1. The zero-order valence-electron chi connectivity index (χ0n) is 12.9. The Kier molecular flexibility index (Phi) is 4.55. The maximum absolute atomic E-state index is 11.0. The number of rotatable bonds is 5. The number of hydrogen-bond acceptors (Lipinski definition) is 6. The van der Waals surface area contributed by atoms with Crippen LogP contribution in [0.3, 0.4) is 0 Å². The summed E-state index contributed by atoms with van der Waals surface area (Å²) in [5.41, 5.74) is 0.851. The number of carbonyl (C=O) groups excluding carboxylic acids is 1. The number of hydrogen-bond donors (Lipinski definition) is 2. The average molecular weight is 327 g/mol. The number of carboxylic acids is 1. The van der Waals surface area contributed by atoms with Crippen LogP contribution in [-0.4, -0.2) is 58.5 Å². The molecule has 0 aliphatic carbocycles. The first-order valence-electron chi connectivity index (χ1n) is 7.52. The van der Waals surface area contributed by atoms with Crippen LogP contribution in [0, 0.1) is 0 Å². The van der Waals surface area contributed by atoms with Gasteiger partial charge in [0, 0.05) is 37.9 Å². The molecule has 1 fully saturated rings. The number of nitrogens with one attached hydrogen (secondary N) is 1. The summed E-state index contributed by atoms with van der Waals surface area (Å²) in [6, 6.07) is 8.34. The molecular formula is C16H17N5O3. The van der Waals surface area contributed by atoms with Crippen molar-refractivity contribution in [1.82, 2.24) is 14.9 Å². The van der Waals surface area contributed by atoms with Gasteiger partial charge in [-0.15, -0.1) is 0 Å². The lowest BCUT2D eigenvalue weighted by molar-refractivity contribution is -0.118. The fourth-order valence-corrected chi connectivity index (χ4v) is 2.52. The number of benzene rings is 1. The largest absolute Gasteiger partial charge is 0.478 e. The van der Waals surface area contributed by atoms with Crippen LogP contribution in [0.15, 0.2) is 36.7 Å². The lowest BCUT2D eigenvalue weighted by atomic mass is 10.2. The van der Waals surface area contributed by atoms with E-state index in [0.717, 1.165) is 12.2 Å². The van der Waals surface area contributed by atoms with Crippen molar-refractivity contribution in [3.8, 4) is 0 Å². The normalized spacial score (nSPS) is 14.3. The molecule has 0 radical (unpaired) electrons. The van der Waals surface area contributed by atoms with Crippen molar-refractivity contribution in [2.24, 2.45) is 0 Å². The maximum atomic E-state index is 11.0. The standard InChI is InChI=1S/C16H17N5O3/c22-11-20-4-6-21(7-5-20)15-9-14(17-10-18-15)19-13-3-1-2-12(8-13)16(23)24/h1-3,8-11H,4-7H2,(H,23,24)(H,17,18,19). The zero-order chi connectivity index (χ0) is 16.9. The Morgan fingerprint density at radius 1 is 1.17 bits per heavy atom. The summed E-state index contributed by atoms with van der Waals surface area (Å²) < 4.78 is 0. The monoisotopic (exact) mass is 327 g/mol. The molecule has 1 saturated heterocycles. The van der Waals surface area contributed by atoms with E-state index in [1.807, 2.05) is 6.07 Å². The fraction of sp³-hybridized carbons (Fsp3) is 0.250. The van der Waals surface area contributed by atoms with Gasteiger partial charge in [-0.1, -0.05) is 6.07 Å². The van der Waals surface area contributed by atoms with Crippen molar-refractivity contribution >= 4 is 29.7 Å². The van der Waals surface area contributed by atoms with E-state index in [2.05, 4.69) is 20.2 Å². The van der Waals surface area contributed by atoms with Gasteiger partial charge in [0.2, 0.25) is 6.41 Å². The van der Waals surface area contributed by atoms with Crippen molar-refractivity contribution < 1.29 is 14.7 Å². The molecule has 24 heavy (non-hydrogen) atoms. The van der Waals surface area contributed by atoms with Gasteiger partial charge in [-0.25, -0.2) is 14.8 Å². The zero-order valence-corrected chi connectivity index (χ0v) is 12.9. The van der Waals surface area contributed by atoms with E-state index in [1.165, 1.54) is 12.4 Å². The van der Waals surface area contributed by atoms with E-state index in [1.54, 1.807) is 23.1 Å². The Morgan fingerprint density at radius 3 is 2.67 bits per heavy atom. The Hall–Kier alpha value is -3.16. The molecule has 1 aromatic heterocycles. The summed E-state index contributed by atoms with van der Waals surface area (Å²) in [6.07, 6.45) is 2.32. The van der Waals surface area contributed by atoms with E-state index >= 15 is 0 Å². The summed E-state index contributed by atoms with van der Waals surface area (Å²) in [4.78, 5) is 34.1. The highest BCUT2D eigenvalue weighted by molar-refractivity contribution is 5.89. The molecule has 0 saturated carbocycles. The number of amides is 1. The molecule has 2 N–H and O–H groups in total. The highest BCUT2D eigenvalue weighted by Gasteiger charge is 2.17. The molecule has 1 aliphatic rings. The first kappa shape index (κ1) is 15.7. The van der Waals surface area contributed by atoms with Crippen molar-refractivity contribution in [3.05, 3.63) is 42.2 Å². The second kappa shape index (κ2) is 6.95. The van der Waals surface area contributed by atoms with Gasteiger partial charge >= 0.3 is 5.97 Å². The van der Waals surface area contributed by atoms with Crippen LogP contribution < -0.4 is 10.2 Å². The number of nitrogens with zero attached hydrogens (tertiary/aromatic N) is 4. The van der Waals surface area contributed by atoms with Gasteiger partial charge in [0.15, 0.2) is 0 Å². The summed E-state index contributed by atoms with van der Waals surface area (Å²) in [7, 11) is 0. The molecule has 1 amide bonds. The number of carboxylic acid groups (broad SMARTS) is 1. The summed E-state index contributed by atoms with van der Waals surface area (Å²) in [5, 5.41) is 12.1. The van der Waals surface area contributed by atoms with Crippen LogP contribution >= 0.6 is 0 Å². The van der Waals surface area contributed by atoms with E-state index in [-0.39, 0.29) is 5.56 Å². The lowest BCUT2D eigenvalue weighted by Gasteiger charge is -2.33. The minimum atomic E-state index is -0.977. The molecule has 1 aliphatic heterocycles. The number of aromatic nitrogens is 2. The third kappa shape index (κ3) is 3.60. The summed E-state index contributed by atoms with van der Waals surface area (Å²) >= 11 is 0. The van der Waals surface area contributed by atoms with Crippen LogP contribution in [0.25, 0.3) is 0 Å². The molecule has 3 rings (SSSR count). The first-order valence-corrected chi connectivity index (χ1v) is 7.52. The second-order valence-electron chi connectivity index (χ2n) is 5.40. The minimum Gasteiger partial charge on any atom is -0.478 e. The van der Waals surface area contributed by atoms with Gasteiger partial charge in [-0.3, -0.25) is 4.79 Å². The molecule has 0 spiro atoms. The molecule has 2 heterocycles. The third-order valence-corrected chi connectivity index (χ3v) is 3.82. The van der Waals surface area contributed by atoms with Gasteiger partial charge in [-0.05, 0) is 18.2 Å². The fourth-order valence-electron chi connectivity index (χ4n) is 2.52. The second-order valence-corrected chi connectivity index (χ2v) is 5.40. The predicted octanol–water partition coefficient (Wildman–Crippen LogP) is 1.20. The average Bonchev–Trinajstić information content (AvgIpc) is 2.62. The van der Waals surface area contributed by atoms with Gasteiger partial charge in [0.05, 0.1) is 5.56 Å². The Bertz CT molecular complexity index is 744. The minimum absolute atomic E-state index is 0.208. The highest BCUT2D eigenvalue weighted by Crippen LogP contribution is 2.20. The SMILES string of the molecule is O=CN1CCN(c2cc(Nc3cccc(C(=O)O)c3)ncn2)CC1. The molecule has 8 heteroatoms. The molecule has 0 atom stereocenters. The van der Waals surface area contributed by atoms with Crippen LogP contribution in [0.5, 0.6) is 0 Å². The summed E-state index contributed by atoms with van der Waals surface area (Å²) in [6.45, 7) is 2.75. The Morgan fingerprint density at radius 2 is 1.96 bits per heavy atom. The van der Waals surface area contributed by atoms with E-state index in [0.29, 0.717) is 37.7 Å². The predicted molar refractivity (Wildman–Crippen MR) is 88.6 cm³/mol. The van der Waals surface area contributed by atoms with Crippen molar-refractivity contribution in [2.45, 2.75) is 0 Å². The first-order chi connectivity index (χ1) is 11.7. The van der Waals surface area contributed by atoms with Crippen LogP contribution in [0.2, 0.25) is 0 Å². The van der Waals surface area contributed by atoms with Crippen molar-refractivity contribution in [2.75, 3.05) is 36.4 Å². The molecule has 1 aromatic carbocycles. The summed E-state index contributed by atoms with van der Waals surface area (Å²) in [5.74, 6) is 0.378. The van der Waals surface area contributed by atoms with Gasteiger partial charge < -0.3 is 20.2 Å². The molecule has 0 bridgehead atoms. The maximum Gasteiger partial charge on any atom is 0.335 e. The van der Waals surface area contributed by atoms with Crippen molar-refractivity contribution in [3.63, 3.8) is 0 Å². The quantitative estimate of drug-likeness (QED) is 0.796. The van der Waals surface area contributed by atoms with E-state index in [9.17, 15) is 9.59 Å².